The SMILES string of the molecule is CCOC(c1ccccc1)c1nc2c(c(NC)n1)CSC2. The van der Waals surface area contributed by atoms with E-state index >= 15 is 0 Å². The lowest BCUT2D eigenvalue weighted by Crippen LogP contribution is -2.13. The molecule has 0 saturated heterocycles. The summed E-state index contributed by atoms with van der Waals surface area (Å²) in [6.07, 6.45) is -0.209. The van der Waals surface area contributed by atoms with Gasteiger partial charge in [0, 0.05) is 30.7 Å². The Morgan fingerprint density at radius 1 is 1.24 bits per heavy atom. The number of nitrogens with zero attached hydrogens (tertiary/aromatic N) is 2. The van der Waals surface area contributed by atoms with E-state index in [1.165, 1.54) is 5.56 Å². The maximum atomic E-state index is 5.91. The van der Waals surface area contributed by atoms with Crippen LogP contribution in [-0.4, -0.2) is 23.6 Å². The third-order valence-corrected chi connectivity index (χ3v) is 4.47. The quantitative estimate of drug-likeness (QED) is 0.917. The second-order valence-electron chi connectivity index (χ2n) is 4.84. The van der Waals surface area contributed by atoms with E-state index in [0.717, 1.165) is 34.4 Å². The van der Waals surface area contributed by atoms with Gasteiger partial charge >= 0.3 is 0 Å². The number of rotatable bonds is 5. The molecule has 21 heavy (non-hydrogen) atoms. The molecule has 1 aliphatic rings. The van der Waals surface area contributed by atoms with E-state index < -0.39 is 0 Å². The smallest absolute Gasteiger partial charge is 0.164 e. The van der Waals surface area contributed by atoms with Crippen molar-refractivity contribution in [2.75, 3.05) is 19.0 Å². The Kier molecular flexibility index (Phi) is 4.41. The first-order valence-corrected chi connectivity index (χ1v) is 8.30. The van der Waals surface area contributed by atoms with E-state index in [4.69, 9.17) is 14.7 Å². The van der Waals surface area contributed by atoms with E-state index in [-0.39, 0.29) is 6.10 Å². The molecule has 1 aromatic carbocycles. The summed E-state index contributed by atoms with van der Waals surface area (Å²) in [5.74, 6) is 3.61. The van der Waals surface area contributed by atoms with Crippen molar-refractivity contribution in [1.82, 2.24) is 9.97 Å². The fraction of sp³-hybridized carbons (Fsp3) is 0.375. The van der Waals surface area contributed by atoms with E-state index in [2.05, 4.69) is 17.4 Å². The van der Waals surface area contributed by atoms with Crippen molar-refractivity contribution in [1.29, 1.82) is 0 Å². The average molecular weight is 301 g/mol. The predicted molar refractivity (Wildman–Crippen MR) is 86.5 cm³/mol. The Morgan fingerprint density at radius 3 is 2.76 bits per heavy atom. The molecule has 0 bridgehead atoms. The number of ether oxygens (including phenoxy) is 1. The monoisotopic (exact) mass is 301 g/mol. The first kappa shape index (κ1) is 14.4. The van der Waals surface area contributed by atoms with Gasteiger partial charge in [-0.05, 0) is 12.5 Å². The fourth-order valence-electron chi connectivity index (χ4n) is 2.51. The molecule has 1 aliphatic heterocycles. The van der Waals surface area contributed by atoms with Gasteiger partial charge in [-0.1, -0.05) is 30.3 Å². The fourth-order valence-corrected chi connectivity index (χ4v) is 3.55. The lowest BCUT2D eigenvalue weighted by atomic mass is 10.1. The van der Waals surface area contributed by atoms with Crippen LogP contribution >= 0.6 is 11.8 Å². The Morgan fingerprint density at radius 2 is 2.05 bits per heavy atom. The molecule has 0 amide bonds. The largest absolute Gasteiger partial charge is 0.373 e. The number of fused-ring (bicyclic) bond motifs is 1. The summed E-state index contributed by atoms with van der Waals surface area (Å²) >= 11 is 1.88. The lowest BCUT2D eigenvalue weighted by molar-refractivity contribution is 0.0851. The van der Waals surface area contributed by atoms with Gasteiger partial charge in [-0.15, -0.1) is 0 Å². The molecule has 0 aliphatic carbocycles. The molecular formula is C16H19N3OS. The number of anilines is 1. The summed E-state index contributed by atoms with van der Waals surface area (Å²) in [5.41, 5.74) is 3.46. The van der Waals surface area contributed by atoms with Gasteiger partial charge in [-0.3, -0.25) is 0 Å². The average Bonchev–Trinajstić information content (AvgIpc) is 3.01. The van der Waals surface area contributed by atoms with Crippen molar-refractivity contribution >= 4 is 17.6 Å². The summed E-state index contributed by atoms with van der Waals surface area (Å²) in [6.45, 7) is 2.63. The van der Waals surface area contributed by atoms with Gasteiger partial charge in [0.2, 0.25) is 0 Å². The molecule has 1 unspecified atom stereocenters. The molecule has 0 radical (unpaired) electrons. The number of aromatic nitrogens is 2. The number of benzene rings is 1. The highest BCUT2D eigenvalue weighted by molar-refractivity contribution is 7.98. The molecule has 0 spiro atoms. The number of hydrogen-bond acceptors (Lipinski definition) is 5. The number of nitrogens with one attached hydrogen (secondary N) is 1. The van der Waals surface area contributed by atoms with Crippen molar-refractivity contribution in [2.24, 2.45) is 0 Å². The summed E-state index contributed by atoms with van der Waals surface area (Å²) in [7, 11) is 1.91. The van der Waals surface area contributed by atoms with Gasteiger partial charge in [0.25, 0.3) is 0 Å². The molecule has 2 heterocycles. The normalized spacial score (nSPS) is 14.8. The predicted octanol–water partition coefficient (Wildman–Crippen LogP) is 3.39. The van der Waals surface area contributed by atoms with Crippen molar-refractivity contribution in [3.63, 3.8) is 0 Å². The highest BCUT2D eigenvalue weighted by Crippen LogP contribution is 2.34. The van der Waals surface area contributed by atoms with Gasteiger partial charge < -0.3 is 10.1 Å². The van der Waals surface area contributed by atoms with Crippen LogP contribution in [0, 0.1) is 0 Å². The van der Waals surface area contributed by atoms with E-state index in [1.54, 1.807) is 0 Å². The minimum Gasteiger partial charge on any atom is -0.373 e. The van der Waals surface area contributed by atoms with Crippen molar-refractivity contribution in [3.05, 3.63) is 53.0 Å². The van der Waals surface area contributed by atoms with Crippen LogP contribution in [0.25, 0.3) is 0 Å². The summed E-state index contributed by atoms with van der Waals surface area (Å²) in [6, 6.07) is 10.2. The summed E-state index contributed by atoms with van der Waals surface area (Å²) in [4.78, 5) is 9.46. The number of thioether (sulfide) groups is 1. The zero-order valence-corrected chi connectivity index (χ0v) is 13.1. The van der Waals surface area contributed by atoms with Crippen LogP contribution in [0.1, 0.15) is 35.7 Å². The van der Waals surface area contributed by atoms with E-state index in [1.807, 2.05) is 43.9 Å². The van der Waals surface area contributed by atoms with E-state index in [0.29, 0.717) is 6.61 Å². The van der Waals surface area contributed by atoms with Crippen LogP contribution in [0.5, 0.6) is 0 Å². The second-order valence-corrected chi connectivity index (χ2v) is 5.83. The van der Waals surface area contributed by atoms with Crippen LogP contribution in [0.4, 0.5) is 5.82 Å². The summed E-state index contributed by atoms with van der Waals surface area (Å²) < 4.78 is 5.91. The molecule has 110 valence electrons. The third kappa shape index (κ3) is 2.89. The maximum Gasteiger partial charge on any atom is 0.164 e. The van der Waals surface area contributed by atoms with Gasteiger partial charge in [0.1, 0.15) is 11.9 Å². The van der Waals surface area contributed by atoms with Crippen molar-refractivity contribution in [3.8, 4) is 0 Å². The van der Waals surface area contributed by atoms with Crippen LogP contribution in [0.2, 0.25) is 0 Å². The molecule has 0 fully saturated rings. The van der Waals surface area contributed by atoms with Gasteiger partial charge in [0.15, 0.2) is 5.82 Å². The van der Waals surface area contributed by atoms with E-state index in [9.17, 15) is 0 Å². The molecule has 1 N–H and O–H groups in total. The topological polar surface area (TPSA) is 47.0 Å². The highest BCUT2D eigenvalue weighted by Gasteiger charge is 2.24. The second kappa shape index (κ2) is 6.45. The first-order chi connectivity index (χ1) is 10.3. The van der Waals surface area contributed by atoms with Crippen LogP contribution in [0.15, 0.2) is 30.3 Å². The molecule has 2 aromatic rings. The highest BCUT2D eigenvalue weighted by atomic mass is 32.2. The van der Waals surface area contributed by atoms with Crippen LogP contribution in [0.3, 0.4) is 0 Å². The van der Waals surface area contributed by atoms with Crippen LogP contribution in [-0.2, 0) is 16.2 Å². The van der Waals surface area contributed by atoms with Crippen molar-refractivity contribution in [2.45, 2.75) is 24.5 Å². The zero-order chi connectivity index (χ0) is 14.7. The standard InChI is InChI=1S/C16H19N3OS/c1-3-20-14(11-7-5-4-6-8-11)16-18-13-10-21-9-12(13)15(17-2)19-16/h4-8,14H,3,9-10H2,1-2H3,(H,17,18,19). The molecule has 1 atom stereocenters. The Hall–Kier alpha value is -1.59. The Labute approximate surface area is 129 Å². The van der Waals surface area contributed by atoms with Crippen molar-refractivity contribution < 1.29 is 4.74 Å². The molecule has 3 rings (SSSR count). The third-order valence-electron chi connectivity index (χ3n) is 3.50. The Balaban J connectivity index is 2.04. The number of hydrogen-bond donors (Lipinski definition) is 1. The maximum absolute atomic E-state index is 5.91. The zero-order valence-electron chi connectivity index (χ0n) is 12.3. The molecule has 4 nitrogen and oxygen atoms in total. The molecule has 1 aromatic heterocycles. The van der Waals surface area contributed by atoms with Gasteiger partial charge in [-0.2, -0.15) is 11.8 Å². The molecule has 5 heteroatoms. The Bertz CT molecular complexity index is 618. The summed E-state index contributed by atoms with van der Waals surface area (Å²) in [5, 5.41) is 3.20. The first-order valence-electron chi connectivity index (χ1n) is 7.15. The lowest BCUT2D eigenvalue weighted by Gasteiger charge is -2.18. The van der Waals surface area contributed by atoms with Crippen LogP contribution < -0.4 is 5.32 Å². The minimum absolute atomic E-state index is 0.209. The van der Waals surface area contributed by atoms with Gasteiger partial charge in [-0.25, -0.2) is 9.97 Å². The van der Waals surface area contributed by atoms with Gasteiger partial charge in [0.05, 0.1) is 5.69 Å². The molecular weight excluding hydrogens is 282 g/mol. The molecule has 0 saturated carbocycles. The minimum atomic E-state index is -0.209.